The Morgan fingerprint density at radius 2 is 1.79 bits per heavy atom. The van der Waals surface area contributed by atoms with Gasteiger partial charge < -0.3 is 15.7 Å². The van der Waals surface area contributed by atoms with Gasteiger partial charge in [0.05, 0.1) is 6.54 Å². The number of nitrogens with one attached hydrogen (secondary N) is 2. The molecule has 0 heterocycles. The van der Waals surface area contributed by atoms with Crippen LogP contribution in [0.2, 0.25) is 0 Å². The summed E-state index contributed by atoms with van der Waals surface area (Å²) in [6, 6.07) is -0.898. The quantitative estimate of drug-likeness (QED) is 0.630. The van der Waals surface area contributed by atoms with E-state index in [1.54, 1.807) is 0 Å². The lowest BCUT2D eigenvalue weighted by Crippen LogP contribution is -2.46. The molecule has 0 saturated heterocycles. The summed E-state index contributed by atoms with van der Waals surface area (Å²) >= 11 is 0. The van der Waals surface area contributed by atoms with E-state index >= 15 is 0 Å². The summed E-state index contributed by atoms with van der Waals surface area (Å²) in [6.45, 7) is 3.67. The van der Waals surface area contributed by atoms with Crippen molar-refractivity contribution in [2.75, 3.05) is 6.54 Å². The number of hydrogen-bond donors (Lipinski definition) is 3. The van der Waals surface area contributed by atoms with Gasteiger partial charge in [0.15, 0.2) is 0 Å². The third-order valence-corrected chi connectivity index (χ3v) is 5.20. The molecule has 2 unspecified atom stereocenters. The second-order valence-corrected chi connectivity index (χ2v) is 7.71. The number of carbonyl (C=O) groups excluding carboxylic acids is 2. The van der Waals surface area contributed by atoms with Crippen molar-refractivity contribution in [3.63, 3.8) is 0 Å². The standard InChI is InChI=1S/C18H30N2O4/c1-11(2)8-15(18(23)24)20-16(21)10-19-17(22)14-9-13(14)12-6-4-3-5-7-12/h11-15H,3-10H2,1-2H3,(H,19,22)(H,20,21)(H,23,24)/t13?,14?,15-/m0/s1. The summed E-state index contributed by atoms with van der Waals surface area (Å²) in [4.78, 5) is 35.2. The Morgan fingerprint density at radius 1 is 1.12 bits per heavy atom. The topological polar surface area (TPSA) is 95.5 Å². The molecule has 136 valence electrons. The lowest BCUT2D eigenvalue weighted by Gasteiger charge is -2.21. The molecule has 2 saturated carbocycles. The van der Waals surface area contributed by atoms with E-state index in [0.29, 0.717) is 18.3 Å². The second-order valence-electron chi connectivity index (χ2n) is 7.71. The van der Waals surface area contributed by atoms with Gasteiger partial charge in [0.2, 0.25) is 11.8 Å². The Kier molecular flexibility index (Phi) is 6.63. The van der Waals surface area contributed by atoms with Gasteiger partial charge in [-0.1, -0.05) is 46.0 Å². The number of hydrogen-bond acceptors (Lipinski definition) is 3. The normalized spacial score (nSPS) is 25.1. The van der Waals surface area contributed by atoms with Crippen LogP contribution in [0.25, 0.3) is 0 Å². The molecular weight excluding hydrogens is 308 g/mol. The summed E-state index contributed by atoms with van der Waals surface area (Å²) in [6.07, 6.45) is 7.61. The van der Waals surface area contributed by atoms with E-state index in [9.17, 15) is 14.4 Å². The van der Waals surface area contributed by atoms with Gasteiger partial charge >= 0.3 is 5.97 Å². The van der Waals surface area contributed by atoms with Crippen LogP contribution in [0.15, 0.2) is 0 Å². The predicted octanol–water partition coefficient (Wildman–Crippen LogP) is 1.93. The van der Waals surface area contributed by atoms with Crippen LogP contribution in [-0.4, -0.2) is 35.5 Å². The Bertz CT molecular complexity index is 472. The highest BCUT2D eigenvalue weighted by Crippen LogP contribution is 2.49. The molecule has 2 amide bonds. The number of carbonyl (C=O) groups is 3. The monoisotopic (exact) mass is 338 g/mol. The lowest BCUT2D eigenvalue weighted by atomic mass is 9.85. The second kappa shape index (κ2) is 8.49. The fourth-order valence-electron chi connectivity index (χ4n) is 3.84. The molecule has 6 nitrogen and oxygen atoms in total. The average Bonchev–Trinajstić information content (AvgIpc) is 3.33. The number of amides is 2. The molecule has 0 spiro atoms. The van der Waals surface area contributed by atoms with Gasteiger partial charge in [0.25, 0.3) is 0 Å². The molecule has 24 heavy (non-hydrogen) atoms. The van der Waals surface area contributed by atoms with Crippen LogP contribution in [-0.2, 0) is 14.4 Å². The fraction of sp³-hybridized carbons (Fsp3) is 0.833. The molecule has 6 heteroatoms. The molecule has 2 rings (SSSR count). The molecule has 3 N–H and O–H groups in total. The van der Waals surface area contributed by atoms with Crippen LogP contribution in [0.3, 0.4) is 0 Å². The molecule has 2 aliphatic rings. The Hall–Kier alpha value is -1.59. The van der Waals surface area contributed by atoms with Gasteiger partial charge in [-0.3, -0.25) is 9.59 Å². The van der Waals surface area contributed by atoms with Crippen molar-refractivity contribution >= 4 is 17.8 Å². The highest BCUT2D eigenvalue weighted by atomic mass is 16.4. The van der Waals surface area contributed by atoms with Crippen LogP contribution in [0, 0.1) is 23.7 Å². The van der Waals surface area contributed by atoms with Gasteiger partial charge in [-0.25, -0.2) is 4.79 Å². The summed E-state index contributed by atoms with van der Waals surface area (Å²) < 4.78 is 0. The molecule has 0 aromatic carbocycles. The smallest absolute Gasteiger partial charge is 0.326 e. The summed E-state index contributed by atoms with van der Waals surface area (Å²) in [7, 11) is 0. The summed E-state index contributed by atoms with van der Waals surface area (Å²) in [5.74, 6) is -0.159. The van der Waals surface area contributed by atoms with Gasteiger partial charge in [0.1, 0.15) is 6.04 Å². The van der Waals surface area contributed by atoms with Gasteiger partial charge in [-0.15, -0.1) is 0 Å². The van der Waals surface area contributed by atoms with Crippen molar-refractivity contribution in [3.8, 4) is 0 Å². The summed E-state index contributed by atoms with van der Waals surface area (Å²) in [5.41, 5.74) is 0. The minimum absolute atomic E-state index is 0.0480. The molecule has 2 fully saturated rings. The molecule has 2 aliphatic carbocycles. The molecule has 0 aromatic rings. The first-order valence-electron chi connectivity index (χ1n) is 9.18. The van der Waals surface area contributed by atoms with Crippen LogP contribution < -0.4 is 10.6 Å². The van der Waals surface area contributed by atoms with Gasteiger partial charge in [-0.05, 0) is 30.6 Å². The van der Waals surface area contributed by atoms with E-state index in [4.69, 9.17) is 5.11 Å². The van der Waals surface area contributed by atoms with Crippen molar-refractivity contribution in [2.45, 2.75) is 64.8 Å². The Labute approximate surface area is 143 Å². The minimum atomic E-state index is -1.04. The Balaban J connectivity index is 1.69. The largest absolute Gasteiger partial charge is 0.480 e. The number of carboxylic acids is 1. The maximum Gasteiger partial charge on any atom is 0.326 e. The molecule has 0 aliphatic heterocycles. The van der Waals surface area contributed by atoms with Crippen LogP contribution >= 0.6 is 0 Å². The number of rotatable bonds is 8. The zero-order chi connectivity index (χ0) is 17.7. The highest BCUT2D eigenvalue weighted by molar-refractivity contribution is 5.89. The van der Waals surface area contributed by atoms with E-state index in [2.05, 4.69) is 10.6 Å². The van der Waals surface area contributed by atoms with Gasteiger partial charge in [-0.2, -0.15) is 0 Å². The van der Waals surface area contributed by atoms with Crippen molar-refractivity contribution < 1.29 is 19.5 Å². The third kappa shape index (κ3) is 5.49. The van der Waals surface area contributed by atoms with Crippen molar-refractivity contribution in [3.05, 3.63) is 0 Å². The van der Waals surface area contributed by atoms with E-state index in [0.717, 1.165) is 6.42 Å². The van der Waals surface area contributed by atoms with Crippen LogP contribution in [0.1, 0.15) is 58.8 Å². The zero-order valence-corrected chi connectivity index (χ0v) is 14.7. The SMILES string of the molecule is CC(C)C[C@H](NC(=O)CNC(=O)C1CC1C1CCCCC1)C(=O)O. The molecule has 3 atom stereocenters. The van der Waals surface area contributed by atoms with E-state index in [1.807, 2.05) is 13.8 Å². The lowest BCUT2D eigenvalue weighted by molar-refractivity contribution is -0.142. The average molecular weight is 338 g/mol. The van der Waals surface area contributed by atoms with E-state index in [-0.39, 0.29) is 24.3 Å². The summed E-state index contributed by atoms with van der Waals surface area (Å²) in [5, 5.41) is 14.3. The Morgan fingerprint density at radius 3 is 2.38 bits per heavy atom. The first-order valence-corrected chi connectivity index (χ1v) is 9.18. The molecule has 0 radical (unpaired) electrons. The maximum atomic E-state index is 12.2. The predicted molar refractivity (Wildman–Crippen MR) is 90.2 cm³/mol. The van der Waals surface area contributed by atoms with Crippen molar-refractivity contribution in [1.82, 2.24) is 10.6 Å². The third-order valence-electron chi connectivity index (χ3n) is 5.20. The first-order chi connectivity index (χ1) is 11.4. The van der Waals surface area contributed by atoms with E-state index in [1.165, 1.54) is 32.1 Å². The molecule has 0 bridgehead atoms. The first kappa shape index (κ1) is 18.7. The zero-order valence-electron chi connectivity index (χ0n) is 14.7. The van der Waals surface area contributed by atoms with Crippen molar-refractivity contribution in [2.24, 2.45) is 23.7 Å². The molecule has 0 aromatic heterocycles. The van der Waals surface area contributed by atoms with E-state index < -0.39 is 17.9 Å². The minimum Gasteiger partial charge on any atom is -0.480 e. The maximum absolute atomic E-state index is 12.2. The highest BCUT2D eigenvalue weighted by Gasteiger charge is 2.47. The van der Waals surface area contributed by atoms with Gasteiger partial charge in [0, 0.05) is 5.92 Å². The molecular formula is C18H30N2O4. The number of aliphatic carboxylic acids is 1. The van der Waals surface area contributed by atoms with Crippen LogP contribution in [0.4, 0.5) is 0 Å². The number of carboxylic acid groups (broad SMARTS) is 1. The fourth-order valence-corrected chi connectivity index (χ4v) is 3.84. The van der Waals surface area contributed by atoms with Crippen molar-refractivity contribution in [1.29, 1.82) is 0 Å². The van der Waals surface area contributed by atoms with Crippen LogP contribution in [0.5, 0.6) is 0 Å².